The Hall–Kier alpha value is -1.80. The molecule has 17 heavy (non-hydrogen) atoms. The molecule has 2 nitrogen and oxygen atoms in total. The van der Waals surface area contributed by atoms with Gasteiger partial charge in [0.25, 0.3) is 0 Å². The zero-order chi connectivity index (χ0) is 11.9. The number of phenolic OH excluding ortho intramolecular Hbond substituents is 1. The largest absolute Gasteiger partial charge is 0.508 e. The van der Waals surface area contributed by atoms with E-state index in [2.05, 4.69) is 29.6 Å². The minimum atomic E-state index is 0.326. The predicted molar refractivity (Wildman–Crippen MR) is 70.0 cm³/mol. The topological polar surface area (TPSA) is 32.3 Å². The minimum absolute atomic E-state index is 0.326. The van der Waals surface area contributed by atoms with E-state index in [0.717, 1.165) is 25.1 Å². The third-order valence-corrected chi connectivity index (χ3v) is 2.67. The first-order valence-electron chi connectivity index (χ1n) is 5.87. The number of hydrogen-bond donors (Lipinski definition) is 2. The Morgan fingerprint density at radius 3 is 2.41 bits per heavy atom. The average Bonchev–Trinajstić information content (AvgIpc) is 2.36. The van der Waals surface area contributed by atoms with E-state index in [-0.39, 0.29) is 0 Å². The average molecular weight is 227 g/mol. The fourth-order valence-electron chi connectivity index (χ4n) is 1.78. The number of nitrogens with one attached hydrogen (secondary N) is 1. The van der Waals surface area contributed by atoms with Gasteiger partial charge in [-0.3, -0.25) is 0 Å². The summed E-state index contributed by atoms with van der Waals surface area (Å²) in [5.41, 5.74) is 2.45. The van der Waals surface area contributed by atoms with Crippen LogP contribution in [-0.4, -0.2) is 11.7 Å². The van der Waals surface area contributed by atoms with Crippen LogP contribution in [0.4, 0.5) is 0 Å². The molecule has 0 radical (unpaired) electrons. The fraction of sp³-hybridized carbons (Fsp3) is 0.200. The number of rotatable bonds is 5. The summed E-state index contributed by atoms with van der Waals surface area (Å²) in [6.45, 7) is 1.74. The Kier molecular flexibility index (Phi) is 4.17. The highest BCUT2D eigenvalue weighted by molar-refractivity contribution is 5.26. The van der Waals surface area contributed by atoms with Crippen LogP contribution in [0.5, 0.6) is 5.75 Å². The Balaban J connectivity index is 1.73. The van der Waals surface area contributed by atoms with E-state index in [1.165, 1.54) is 5.56 Å². The predicted octanol–water partition coefficient (Wildman–Crippen LogP) is 2.72. The molecule has 0 heterocycles. The van der Waals surface area contributed by atoms with Crippen molar-refractivity contribution in [1.82, 2.24) is 5.32 Å². The van der Waals surface area contributed by atoms with Gasteiger partial charge in [-0.25, -0.2) is 0 Å². The van der Waals surface area contributed by atoms with Crippen molar-refractivity contribution >= 4 is 0 Å². The lowest BCUT2D eigenvalue weighted by Crippen LogP contribution is -2.16. The molecule has 2 N–H and O–H groups in total. The molecule has 2 aromatic rings. The lowest BCUT2D eigenvalue weighted by Gasteiger charge is -2.05. The zero-order valence-electron chi connectivity index (χ0n) is 9.76. The van der Waals surface area contributed by atoms with Gasteiger partial charge in [-0.15, -0.1) is 0 Å². The lowest BCUT2D eigenvalue weighted by molar-refractivity contribution is 0.474. The Morgan fingerprint density at radius 1 is 0.882 bits per heavy atom. The van der Waals surface area contributed by atoms with E-state index >= 15 is 0 Å². The molecule has 0 spiro atoms. The van der Waals surface area contributed by atoms with Crippen LogP contribution < -0.4 is 5.32 Å². The van der Waals surface area contributed by atoms with Crippen LogP contribution in [0.2, 0.25) is 0 Å². The summed E-state index contributed by atoms with van der Waals surface area (Å²) in [6, 6.07) is 17.8. The maximum atomic E-state index is 9.32. The van der Waals surface area contributed by atoms with Gasteiger partial charge >= 0.3 is 0 Å². The molecule has 2 heteroatoms. The molecule has 2 rings (SSSR count). The van der Waals surface area contributed by atoms with Gasteiger partial charge in [-0.1, -0.05) is 42.5 Å². The van der Waals surface area contributed by atoms with Gasteiger partial charge in [0.1, 0.15) is 5.75 Å². The molecule has 0 atom stereocenters. The molecule has 0 saturated heterocycles. The first kappa shape index (κ1) is 11.7. The van der Waals surface area contributed by atoms with Crippen molar-refractivity contribution < 1.29 is 5.11 Å². The Labute approximate surface area is 102 Å². The molecule has 0 unspecified atom stereocenters. The Morgan fingerprint density at radius 2 is 1.65 bits per heavy atom. The maximum Gasteiger partial charge on any atom is 0.115 e. The third-order valence-electron chi connectivity index (χ3n) is 2.67. The summed E-state index contributed by atoms with van der Waals surface area (Å²) in [5.74, 6) is 0.326. The molecule has 0 fully saturated rings. The van der Waals surface area contributed by atoms with E-state index in [0.29, 0.717) is 5.75 Å². The summed E-state index contributed by atoms with van der Waals surface area (Å²) >= 11 is 0. The molecular weight excluding hydrogens is 210 g/mol. The van der Waals surface area contributed by atoms with Crippen molar-refractivity contribution in [2.24, 2.45) is 0 Å². The standard InChI is InChI=1S/C15H17NO/c17-15-8-4-7-14(11-15)12-16-10-9-13-5-2-1-3-6-13/h1-8,11,16-17H,9-10,12H2. The minimum Gasteiger partial charge on any atom is -0.508 e. The molecule has 0 aliphatic heterocycles. The van der Waals surface area contributed by atoms with E-state index in [9.17, 15) is 5.11 Å². The highest BCUT2D eigenvalue weighted by Crippen LogP contribution is 2.10. The fourth-order valence-corrected chi connectivity index (χ4v) is 1.78. The van der Waals surface area contributed by atoms with E-state index in [1.807, 2.05) is 18.2 Å². The summed E-state index contributed by atoms with van der Waals surface area (Å²) < 4.78 is 0. The van der Waals surface area contributed by atoms with Gasteiger partial charge in [0.15, 0.2) is 0 Å². The summed E-state index contributed by atoms with van der Waals surface area (Å²) in [4.78, 5) is 0. The van der Waals surface area contributed by atoms with E-state index in [4.69, 9.17) is 0 Å². The van der Waals surface area contributed by atoms with E-state index in [1.54, 1.807) is 12.1 Å². The van der Waals surface area contributed by atoms with Crippen LogP contribution in [0.15, 0.2) is 54.6 Å². The second-order valence-corrected chi connectivity index (χ2v) is 4.08. The van der Waals surface area contributed by atoms with Crippen LogP contribution in [0.25, 0.3) is 0 Å². The van der Waals surface area contributed by atoms with Crippen LogP contribution >= 0.6 is 0 Å². The number of aromatic hydroxyl groups is 1. The van der Waals surface area contributed by atoms with Gasteiger partial charge in [-0.05, 0) is 36.2 Å². The number of benzene rings is 2. The van der Waals surface area contributed by atoms with Gasteiger partial charge in [-0.2, -0.15) is 0 Å². The lowest BCUT2D eigenvalue weighted by atomic mass is 10.1. The Bertz CT molecular complexity index is 453. The highest BCUT2D eigenvalue weighted by Gasteiger charge is 1.95. The quantitative estimate of drug-likeness (QED) is 0.770. The maximum absolute atomic E-state index is 9.32. The molecule has 2 aromatic carbocycles. The van der Waals surface area contributed by atoms with Gasteiger partial charge in [0.2, 0.25) is 0 Å². The molecule has 0 bridgehead atoms. The first-order valence-corrected chi connectivity index (χ1v) is 5.87. The van der Waals surface area contributed by atoms with Gasteiger partial charge in [0.05, 0.1) is 0 Å². The molecule has 0 aliphatic rings. The number of phenols is 1. The third kappa shape index (κ3) is 3.93. The molecule has 88 valence electrons. The van der Waals surface area contributed by atoms with Crippen LogP contribution in [0.3, 0.4) is 0 Å². The second-order valence-electron chi connectivity index (χ2n) is 4.08. The zero-order valence-corrected chi connectivity index (χ0v) is 9.76. The molecule has 0 amide bonds. The van der Waals surface area contributed by atoms with Crippen LogP contribution in [0.1, 0.15) is 11.1 Å². The van der Waals surface area contributed by atoms with Crippen molar-refractivity contribution in [2.45, 2.75) is 13.0 Å². The van der Waals surface area contributed by atoms with E-state index < -0.39 is 0 Å². The first-order chi connectivity index (χ1) is 8.34. The molecule has 0 saturated carbocycles. The van der Waals surface area contributed by atoms with Crippen molar-refractivity contribution in [3.63, 3.8) is 0 Å². The van der Waals surface area contributed by atoms with Crippen molar-refractivity contribution in [3.05, 3.63) is 65.7 Å². The summed E-state index contributed by atoms with van der Waals surface area (Å²) in [5, 5.41) is 12.7. The SMILES string of the molecule is Oc1cccc(CNCCc2ccccc2)c1. The van der Waals surface area contributed by atoms with Crippen molar-refractivity contribution in [2.75, 3.05) is 6.54 Å². The van der Waals surface area contributed by atoms with Gasteiger partial charge < -0.3 is 10.4 Å². The number of hydrogen-bond acceptors (Lipinski definition) is 2. The summed E-state index contributed by atoms with van der Waals surface area (Å²) in [6.07, 6.45) is 1.03. The van der Waals surface area contributed by atoms with Gasteiger partial charge in [0, 0.05) is 6.54 Å². The molecule has 0 aliphatic carbocycles. The highest BCUT2D eigenvalue weighted by atomic mass is 16.3. The molecule has 0 aromatic heterocycles. The molecular formula is C15H17NO. The smallest absolute Gasteiger partial charge is 0.115 e. The van der Waals surface area contributed by atoms with Crippen molar-refractivity contribution in [1.29, 1.82) is 0 Å². The van der Waals surface area contributed by atoms with Crippen LogP contribution in [-0.2, 0) is 13.0 Å². The van der Waals surface area contributed by atoms with Crippen molar-refractivity contribution in [3.8, 4) is 5.75 Å². The second kappa shape index (κ2) is 6.06. The van der Waals surface area contributed by atoms with Crippen LogP contribution in [0, 0.1) is 0 Å². The monoisotopic (exact) mass is 227 g/mol. The normalized spacial score (nSPS) is 10.4. The summed E-state index contributed by atoms with van der Waals surface area (Å²) in [7, 11) is 0.